The first-order valence-electron chi connectivity index (χ1n) is 6.04. The number of thioether (sulfide) groups is 1. The lowest BCUT2D eigenvalue weighted by Crippen LogP contribution is -2.30. The molecule has 6 heteroatoms. The van der Waals surface area contributed by atoms with Crippen molar-refractivity contribution in [1.29, 1.82) is 0 Å². The van der Waals surface area contributed by atoms with Crippen LogP contribution in [0.2, 0.25) is 0 Å². The van der Waals surface area contributed by atoms with Gasteiger partial charge in [-0.2, -0.15) is 0 Å². The number of anilines is 1. The van der Waals surface area contributed by atoms with Crippen LogP contribution < -0.4 is 10.2 Å². The van der Waals surface area contributed by atoms with Gasteiger partial charge in [0.05, 0.1) is 0 Å². The summed E-state index contributed by atoms with van der Waals surface area (Å²) in [5.41, 5.74) is 0. The van der Waals surface area contributed by atoms with Crippen LogP contribution >= 0.6 is 23.1 Å². The molecule has 0 saturated carbocycles. The third-order valence-corrected chi connectivity index (χ3v) is 4.70. The number of hydrogen-bond donors (Lipinski definition) is 1. The zero-order chi connectivity index (χ0) is 12.7. The molecule has 0 spiro atoms. The highest BCUT2D eigenvalue weighted by atomic mass is 32.2. The van der Waals surface area contributed by atoms with Crippen molar-refractivity contribution >= 4 is 28.2 Å². The van der Waals surface area contributed by atoms with E-state index in [9.17, 15) is 0 Å². The fraction of sp³-hybridized carbons (Fsp3) is 0.818. The standard InChI is InChI=1S/C11H22N4S2/c1-5-7-9(12-6-2)8-16-11-14-13-10(17-11)15(3)4/h9,12H,5-8H2,1-4H3. The van der Waals surface area contributed by atoms with E-state index in [-0.39, 0.29) is 0 Å². The second-order valence-corrected chi connectivity index (χ2v) is 6.32. The van der Waals surface area contributed by atoms with E-state index in [0.29, 0.717) is 6.04 Å². The van der Waals surface area contributed by atoms with Gasteiger partial charge in [-0.15, -0.1) is 10.2 Å². The molecule has 0 amide bonds. The highest BCUT2D eigenvalue weighted by molar-refractivity contribution is 8.01. The predicted octanol–water partition coefficient (Wildman–Crippen LogP) is 2.47. The fourth-order valence-corrected chi connectivity index (χ4v) is 3.39. The molecule has 0 saturated heterocycles. The van der Waals surface area contributed by atoms with E-state index >= 15 is 0 Å². The Labute approximate surface area is 112 Å². The summed E-state index contributed by atoms with van der Waals surface area (Å²) >= 11 is 3.46. The van der Waals surface area contributed by atoms with E-state index in [2.05, 4.69) is 29.4 Å². The van der Waals surface area contributed by atoms with Crippen LogP contribution in [0.15, 0.2) is 4.34 Å². The highest BCUT2D eigenvalue weighted by Crippen LogP contribution is 2.27. The highest BCUT2D eigenvalue weighted by Gasteiger charge is 2.10. The average Bonchev–Trinajstić information content (AvgIpc) is 2.75. The first-order valence-corrected chi connectivity index (χ1v) is 7.84. The van der Waals surface area contributed by atoms with Crippen LogP contribution in [0.25, 0.3) is 0 Å². The van der Waals surface area contributed by atoms with Crippen molar-refractivity contribution in [2.75, 3.05) is 31.3 Å². The van der Waals surface area contributed by atoms with Crippen molar-refractivity contribution in [2.45, 2.75) is 37.1 Å². The molecule has 98 valence electrons. The van der Waals surface area contributed by atoms with Crippen molar-refractivity contribution in [2.24, 2.45) is 0 Å². The quantitative estimate of drug-likeness (QED) is 0.738. The van der Waals surface area contributed by atoms with Crippen LogP contribution in [-0.4, -0.2) is 42.6 Å². The van der Waals surface area contributed by atoms with E-state index in [1.807, 2.05) is 19.0 Å². The smallest absolute Gasteiger partial charge is 0.208 e. The van der Waals surface area contributed by atoms with Crippen LogP contribution in [0.3, 0.4) is 0 Å². The van der Waals surface area contributed by atoms with Crippen LogP contribution in [-0.2, 0) is 0 Å². The van der Waals surface area contributed by atoms with Gasteiger partial charge in [-0.1, -0.05) is 43.4 Å². The summed E-state index contributed by atoms with van der Waals surface area (Å²) < 4.78 is 1.06. The third-order valence-electron chi connectivity index (χ3n) is 2.32. The van der Waals surface area contributed by atoms with Crippen molar-refractivity contribution in [3.63, 3.8) is 0 Å². The topological polar surface area (TPSA) is 41.1 Å². The fourth-order valence-electron chi connectivity index (χ4n) is 1.49. The number of aromatic nitrogens is 2. The Hall–Kier alpha value is -0.330. The number of hydrogen-bond acceptors (Lipinski definition) is 6. The molecular formula is C11H22N4S2. The maximum Gasteiger partial charge on any atom is 0.208 e. The van der Waals surface area contributed by atoms with Gasteiger partial charge in [0.25, 0.3) is 0 Å². The maximum atomic E-state index is 4.19. The molecule has 0 aromatic carbocycles. The Bertz CT molecular complexity index is 308. The minimum absolute atomic E-state index is 0.585. The molecule has 0 fully saturated rings. The lowest BCUT2D eigenvalue weighted by Gasteiger charge is -2.15. The van der Waals surface area contributed by atoms with Crippen LogP contribution in [0.1, 0.15) is 26.7 Å². The Morgan fingerprint density at radius 3 is 2.65 bits per heavy atom. The van der Waals surface area contributed by atoms with E-state index in [1.54, 1.807) is 23.1 Å². The molecule has 1 heterocycles. The SMILES string of the molecule is CCCC(CSc1nnc(N(C)C)s1)NCC. The Balaban J connectivity index is 2.41. The van der Waals surface area contributed by atoms with Crippen molar-refractivity contribution in [3.05, 3.63) is 0 Å². The molecule has 1 N–H and O–H groups in total. The summed E-state index contributed by atoms with van der Waals surface area (Å²) in [7, 11) is 3.99. The summed E-state index contributed by atoms with van der Waals surface area (Å²) in [5, 5.41) is 12.8. The Morgan fingerprint density at radius 2 is 2.12 bits per heavy atom. The first kappa shape index (κ1) is 14.7. The van der Waals surface area contributed by atoms with E-state index in [4.69, 9.17) is 0 Å². The zero-order valence-electron chi connectivity index (χ0n) is 11.1. The van der Waals surface area contributed by atoms with Gasteiger partial charge >= 0.3 is 0 Å². The normalized spacial score (nSPS) is 12.7. The summed E-state index contributed by atoms with van der Waals surface area (Å²) in [5.74, 6) is 1.07. The summed E-state index contributed by atoms with van der Waals surface area (Å²) in [6.45, 7) is 5.41. The van der Waals surface area contributed by atoms with Crippen LogP contribution in [0.5, 0.6) is 0 Å². The summed E-state index contributed by atoms with van der Waals surface area (Å²) in [4.78, 5) is 2.00. The molecule has 1 aromatic heterocycles. The lowest BCUT2D eigenvalue weighted by molar-refractivity contribution is 0.531. The molecule has 0 radical (unpaired) electrons. The van der Waals surface area contributed by atoms with Crippen LogP contribution in [0, 0.1) is 0 Å². The summed E-state index contributed by atoms with van der Waals surface area (Å²) in [6, 6.07) is 0.585. The van der Waals surface area contributed by atoms with Gasteiger partial charge in [-0.25, -0.2) is 0 Å². The lowest BCUT2D eigenvalue weighted by atomic mass is 10.2. The molecule has 0 aliphatic carbocycles. The largest absolute Gasteiger partial charge is 0.353 e. The minimum atomic E-state index is 0.585. The van der Waals surface area contributed by atoms with Crippen molar-refractivity contribution in [3.8, 4) is 0 Å². The molecule has 0 bridgehead atoms. The molecule has 1 rings (SSSR count). The number of nitrogens with one attached hydrogen (secondary N) is 1. The van der Waals surface area contributed by atoms with Crippen LogP contribution in [0.4, 0.5) is 5.13 Å². The molecular weight excluding hydrogens is 252 g/mol. The third kappa shape index (κ3) is 5.23. The number of rotatable bonds is 8. The Kier molecular flexibility index (Phi) is 6.84. The molecule has 17 heavy (non-hydrogen) atoms. The molecule has 1 aromatic rings. The second-order valence-electron chi connectivity index (χ2n) is 4.10. The molecule has 1 unspecified atom stereocenters. The van der Waals surface area contributed by atoms with Gasteiger partial charge in [0.2, 0.25) is 5.13 Å². The predicted molar refractivity (Wildman–Crippen MR) is 77.3 cm³/mol. The molecule has 0 aliphatic rings. The van der Waals surface area contributed by atoms with E-state index < -0.39 is 0 Å². The maximum absolute atomic E-state index is 4.19. The van der Waals surface area contributed by atoms with Crippen molar-refractivity contribution in [1.82, 2.24) is 15.5 Å². The van der Waals surface area contributed by atoms with Gasteiger partial charge < -0.3 is 10.2 Å². The van der Waals surface area contributed by atoms with Gasteiger partial charge in [0.15, 0.2) is 4.34 Å². The van der Waals surface area contributed by atoms with Gasteiger partial charge in [0.1, 0.15) is 0 Å². The van der Waals surface area contributed by atoms with E-state index in [1.165, 1.54) is 12.8 Å². The van der Waals surface area contributed by atoms with Gasteiger partial charge in [-0.3, -0.25) is 0 Å². The average molecular weight is 274 g/mol. The van der Waals surface area contributed by atoms with E-state index in [0.717, 1.165) is 21.8 Å². The first-order chi connectivity index (χ1) is 8.17. The van der Waals surface area contributed by atoms with Crippen molar-refractivity contribution < 1.29 is 0 Å². The summed E-state index contributed by atoms with van der Waals surface area (Å²) in [6.07, 6.45) is 2.44. The number of nitrogens with zero attached hydrogens (tertiary/aromatic N) is 3. The molecule has 1 atom stereocenters. The second kappa shape index (κ2) is 7.89. The Morgan fingerprint density at radius 1 is 1.35 bits per heavy atom. The molecule has 0 aliphatic heterocycles. The zero-order valence-corrected chi connectivity index (χ0v) is 12.7. The monoisotopic (exact) mass is 274 g/mol. The van der Waals surface area contributed by atoms with Gasteiger partial charge in [-0.05, 0) is 13.0 Å². The molecule has 4 nitrogen and oxygen atoms in total. The minimum Gasteiger partial charge on any atom is -0.353 e. The van der Waals surface area contributed by atoms with Gasteiger partial charge in [0, 0.05) is 25.9 Å².